The van der Waals surface area contributed by atoms with Crippen molar-refractivity contribution >= 4 is 13.9 Å². The number of ether oxygens (including phenoxy) is 2. The number of azide groups is 1. The van der Waals surface area contributed by atoms with Gasteiger partial charge in [0.05, 0.1) is 6.10 Å². The highest BCUT2D eigenvalue weighted by Gasteiger charge is 2.48. The van der Waals surface area contributed by atoms with E-state index in [2.05, 4.69) is 29.7 Å². The number of aliphatic hydroxyl groups excluding tert-OH is 3. The van der Waals surface area contributed by atoms with Crippen molar-refractivity contribution < 1.29 is 29.6 Å². The van der Waals surface area contributed by atoms with Gasteiger partial charge >= 0.3 is 0 Å². The van der Waals surface area contributed by atoms with Crippen molar-refractivity contribution in [2.45, 2.75) is 62.4 Å². The standard InChI is InChI=1S/C18H27N3O6Si/c1-28(2,3)10-9-26-18-12(20-21-19)14(23)16(25)17(27-18)15(24)13(22)11-7-5-4-6-8-11/h4-8,12-14,16-18,22-23,25H,9-10H2,1-3H3/t12-,13?,14+,16+,17+,18-/m0/s1. The Morgan fingerprint density at radius 2 is 1.93 bits per heavy atom. The molecule has 1 unspecified atom stereocenters. The zero-order valence-electron chi connectivity index (χ0n) is 16.2. The predicted molar refractivity (Wildman–Crippen MR) is 104 cm³/mol. The van der Waals surface area contributed by atoms with E-state index in [-0.39, 0.29) is 0 Å². The number of carbonyl (C=O) groups is 1. The smallest absolute Gasteiger partial charge is 0.197 e. The molecule has 2 rings (SSSR count). The molecule has 9 nitrogen and oxygen atoms in total. The van der Waals surface area contributed by atoms with Crippen molar-refractivity contribution in [3.8, 4) is 0 Å². The summed E-state index contributed by atoms with van der Waals surface area (Å²) in [4.78, 5) is 15.4. The lowest BCUT2D eigenvalue weighted by Gasteiger charge is -2.40. The van der Waals surface area contributed by atoms with Crippen LogP contribution in [0.5, 0.6) is 0 Å². The topological polar surface area (TPSA) is 145 Å². The van der Waals surface area contributed by atoms with Crippen LogP contribution in [0.4, 0.5) is 0 Å². The van der Waals surface area contributed by atoms with Gasteiger partial charge in [-0.25, -0.2) is 0 Å². The summed E-state index contributed by atoms with van der Waals surface area (Å²) in [6.07, 6.45) is -7.50. The van der Waals surface area contributed by atoms with E-state index in [4.69, 9.17) is 15.0 Å². The molecule has 0 saturated carbocycles. The zero-order valence-corrected chi connectivity index (χ0v) is 17.2. The lowest BCUT2D eigenvalue weighted by molar-refractivity contribution is -0.254. The minimum absolute atomic E-state index is 0.294. The maximum atomic E-state index is 12.7. The number of aliphatic hydroxyl groups is 3. The van der Waals surface area contributed by atoms with E-state index in [9.17, 15) is 20.1 Å². The summed E-state index contributed by atoms with van der Waals surface area (Å²) in [5.41, 5.74) is 9.10. The van der Waals surface area contributed by atoms with E-state index in [1.54, 1.807) is 30.3 Å². The number of Topliss-reactive ketones (excluding diaryl/α,β-unsaturated/α-hetero) is 1. The molecule has 1 heterocycles. The quantitative estimate of drug-likeness (QED) is 0.258. The van der Waals surface area contributed by atoms with E-state index in [1.807, 2.05) is 0 Å². The Labute approximate surface area is 164 Å². The largest absolute Gasteiger partial charge is 0.390 e. The van der Waals surface area contributed by atoms with Crippen molar-refractivity contribution in [2.75, 3.05) is 6.61 Å². The van der Waals surface area contributed by atoms with Crippen LogP contribution in [0.3, 0.4) is 0 Å². The lowest BCUT2D eigenvalue weighted by Crippen LogP contribution is -2.60. The average molecular weight is 410 g/mol. The fourth-order valence-electron chi connectivity index (χ4n) is 2.84. The normalized spacial score (nSPS) is 29.0. The minimum atomic E-state index is -1.67. The molecule has 0 amide bonds. The SMILES string of the molecule is C[Si](C)(C)CCO[C@H]1O[C@H](C(=O)C(O)c2ccccc2)[C@H](O)[C@H](O)[C@@H]1N=[N+]=[N-]. The van der Waals surface area contributed by atoms with Gasteiger partial charge in [-0.15, -0.1) is 0 Å². The second-order valence-electron chi connectivity index (χ2n) is 8.00. The fourth-order valence-corrected chi connectivity index (χ4v) is 3.57. The zero-order chi connectivity index (χ0) is 20.9. The summed E-state index contributed by atoms with van der Waals surface area (Å²) in [6, 6.07) is 7.79. The predicted octanol–water partition coefficient (Wildman–Crippen LogP) is 1.77. The third-order valence-corrected chi connectivity index (χ3v) is 6.26. The molecule has 0 aromatic heterocycles. The first kappa shape index (κ1) is 22.5. The van der Waals surface area contributed by atoms with Gasteiger partial charge in [-0.3, -0.25) is 4.79 Å². The number of carbonyl (C=O) groups excluding carboxylic acids is 1. The molecule has 1 aliphatic heterocycles. The molecule has 3 N–H and O–H groups in total. The van der Waals surface area contributed by atoms with Gasteiger partial charge in [0.2, 0.25) is 0 Å². The Morgan fingerprint density at radius 1 is 1.29 bits per heavy atom. The highest BCUT2D eigenvalue weighted by Crippen LogP contribution is 2.29. The second kappa shape index (κ2) is 9.62. The van der Waals surface area contributed by atoms with E-state index in [0.29, 0.717) is 12.2 Å². The summed E-state index contributed by atoms with van der Waals surface area (Å²) in [5.74, 6) is -0.809. The van der Waals surface area contributed by atoms with Crippen LogP contribution in [0.1, 0.15) is 11.7 Å². The monoisotopic (exact) mass is 409 g/mol. The Morgan fingerprint density at radius 3 is 2.50 bits per heavy atom. The molecule has 0 bridgehead atoms. The van der Waals surface area contributed by atoms with Gasteiger partial charge in [-0.2, -0.15) is 0 Å². The molecule has 1 aromatic carbocycles. The molecule has 154 valence electrons. The summed E-state index contributed by atoms with van der Waals surface area (Å²) in [5, 5.41) is 34.5. The number of hydrogen-bond donors (Lipinski definition) is 3. The Balaban J connectivity index is 2.18. The number of nitrogens with zero attached hydrogens (tertiary/aromatic N) is 3. The molecule has 1 saturated heterocycles. The molecule has 0 aliphatic carbocycles. The van der Waals surface area contributed by atoms with Crippen molar-refractivity contribution in [3.05, 3.63) is 46.3 Å². The number of rotatable bonds is 8. The van der Waals surface area contributed by atoms with E-state index < -0.39 is 50.6 Å². The second-order valence-corrected chi connectivity index (χ2v) is 13.6. The molecule has 0 spiro atoms. The maximum absolute atomic E-state index is 12.7. The minimum Gasteiger partial charge on any atom is -0.390 e. The van der Waals surface area contributed by atoms with Gasteiger partial charge in [0.25, 0.3) is 0 Å². The molecule has 28 heavy (non-hydrogen) atoms. The van der Waals surface area contributed by atoms with Gasteiger partial charge in [-0.1, -0.05) is 55.1 Å². The van der Waals surface area contributed by atoms with E-state index >= 15 is 0 Å². The Hall–Kier alpha value is -1.78. The summed E-state index contributed by atoms with van der Waals surface area (Å²) >= 11 is 0. The summed E-state index contributed by atoms with van der Waals surface area (Å²) < 4.78 is 11.2. The highest BCUT2D eigenvalue weighted by atomic mass is 28.3. The molecule has 1 aliphatic rings. The van der Waals surface area contributed by atoms with Gasteiger partial charge < -0.3 is 24.8 Å². The van der Waals surface area contributed by atoms with Crippen molar-refractivity contribution in [1.82, 2.24) is 0 Å². The molecule has 1 aromatic rings. The van der Waals surface area contributed by atoms with Crippen LogP contribution in [0.25, 0.3) is 10.4 Å². The summed E-state index contributed by atoms with van der Waals surface area (Å²) in [6.45, 7) is 6.77. The Kier molecular flexibility index (Phi) is 7.73. The van der Waals surface area contributed by atoms with Gasteiger partial charge in [0.15, 0.2) is 18.2 Å². The van der Waals surface area contributed by atoms with E-state index in [0.717, 1.165) is 6.04 Å². The average Bonchev–Trinajstić information content (AvgIpc) is 2.65. The van der Waals surface area contributed by atoms with Crippen molar-refractivity contribution in [3.63, 3.8) is 0 Å². The summed E-state index contributed by atoms with van der Waals surface area (Å²) in [7, 11) is -1.42. The lowest BCUT2D eigenvalue weighted by atomic mass is 9.91. The first-order valence-electron chi connectivity index (χ1n) is 9.10. The first-order chi connectivity index (χ1) is 13.2. The van der Waals surface area contributed by atoms with Gasteiger partial charge in [0.1, 0.15) is 18.2 Å². The number of hydrogen-bond acceptors (Lipinski definition) is 7. The Bertz CT molecular complexity index is 707. The van der Waals surface area contributed by atoms with Crippen LogP contribution >= 0.6 is 0 Å². The van der Waals surface area contributed by atoms with E-state index in [1.165, 1.54) is 0 Å². The van der Waals surface area contributed by atoms with Crippen LogP contribution in [0.15, 0.2) is 35.4 Å². The maximum Gasteiger partial charge on any atom is 0.197 e. The molecule has 0 radical (unpaired) electrons. The molecular weight excluding hydrogens is 382 g/mol. The number of ketones is 1. The fraction of sp³-hybridized carbons (Fsp3) is 0.611. The molecule has 10 heteroatoms. The van der Waals surface area contributed by atoms with Crippen LogP contribution in [0.2, 0.25) is 25.7 Å². The molecular formula is C18H27N3O6Si. The van der Waals surface area contributed by atoms with Gasteiger partial charge in [-0.05, 0) is 17.1 Å². The van der Waals surface area contributed by atoms with Crippen LogP contribution in [-0.4, -0.2) is 66.4 Å². The van der Waals surface area contributed by atoms with Gasteiger partial charge in [0, 0.05) is 19.6 Å². The molecule has 1 fully saturated rings. The van der Waals surface area contributed by atoms with Crippen LogP contribution in [0, 0.1) is 0 Å². The van der Waals surface area contributed by atoms with Crippen molar-refractivity contribution in [1.29, 1.82) is 0 Å². The third kappa shape index (κ3) is 5.61. The van der Waals surface area contributed by atoms with Crippen molar-refractivity contribution in [2.24, 2.45) is 5.11 Å². The molecule has 6 atom stereocenters. The first-order valence-corrected chi connectivity index (χ1v) is 12.8. The highest BCUT2D eigenvalue weighted by molar-refractivity contribution is 6.76. The van der Waals surface area contributed by atoms with Crippen LogP contribution in [-0.2, 0) is 14.3 Å². The van der Waals surface area contributed by atoms with Crippen LogP contribution < -0.4 is 0 Å². The number of benzene rings is 1. The third-order valence-electron chi connectivity index (χ3n) is 4.55.